The van der Waals surface area contributed by atoms with Gasteiger partial charge in [0.05, 0.1) is 10.7 Å². The molecule has 2 heterocycles. The first-order valence-corrected chi connectivity index (χ1v) is 6.19. The molecule has 3 aromatic rings. The monoisotopic (exact) mass is 273 g/mol. The second-order valence-corrected chi connectivity index (χ2v) is 4.81. The summed E-state index contributed by atoms with van der Waals surface area (Å²) >= 11 is 6.05. The Bertz CT molecular complexity index is 778. The zero-order chi connectivity index (χ0) is 13.6. The Kier molecular flexibility index (Phi) is 2.64. The molecule has 5 nitrogen and oxygen atoms in total. The molecule has 0 amide bonds. The van der Waals surface area contributed by atoms with Gasteiger partial charge in [0.25, 0.3) is 0 Å². The number of aromatic nitrogens is 4. The summed E-state index contributed by atoms with van der Waals surface area (Å²) in [7, 11) is 0. The van der Waals surface area contributed by atoms with Gasteiger partial charge in [-0.25, -0.2) is 4.98 Å². The first kappa shape index (κ1) is 11.9. The SMILES string of the molecule is Cc1cc2nnc(-c3ccc(N)c(Cl)c3)n2c(C)n1. The quantitative estimate of drug-likeness (QED) is 0.692. The van der Waals surface area contributed by atoms with Crippen molar-refractivity contribution in [3.63, 3.8) is 0 Å². The molecular weight excluding hydrogens is 262 g/mol. The molecule has 0 saturated heterocycles. The van der Waals surface area contributed by atoms with Crippen LogP contribution in [0.25, 0.3) is 17.0 Å². The van der Waals surface area contributed by atoms with Gasteiger partial charge in [-0.3, -0.25) is 4.40 Å². The summed E-state index contributed by atoms with van der Waals surface area (Å²) in [5, 5.41) is 8.89. The van der Waals surface area contributed by atoms with Gasteiger partial charge in [0.1, 0.15) is 5.82 Å². The van der Waals surface area contributed by atoms with Gasteiger partial charge in [0, 0.05) is 17.3 Å². The van der Waals surface area contributed by atoms with Crippen molar-refractivity contribution in [3.05, 3.63) is 40.8 Å². The lowest BCUT2D eigenvalue weighted by Crippen LogP contribution is -1.99. The van der Waals surface area contributed by atoms with E-state index in [1.54, 1.807) is 12.1 Å². The molecule has 2 N–H and O–H groups in total. The molecule has 96 valence electrons. The van der Waals surface area contributed by atoms with Crippen LogP contribution in [0.15, 0.2) is 24.3 Å². The second kappa shape index (κ2) is 4.20. The summed E-state index contributed by atoms with van der Waals surface area (Å²) in [5.74, 6) is 1.55. The fourth-order valence-corrected chi connectivity index (χ4v) is 2.27. The molecular formula is C13H12ClN5. The lowest BCUT2D eigenvalue weighted by atomic mass is 10.2. The summed E-state index contributed by atoms with van der Waals surface area (Å²) in [6.45, 7) is 3.85. The fourth-order valence-electron chi connectivity index (χ4n) is 2.09. The molecule has 0 saturated carbocycles. The molecule has 0 aliphatic rings. The minimum atomic E-state index is 0.506. The Labute approximate surface area is 115 Å². The van der Waals surface area contributed by atoms with E-state index >= 15 is 0 Å². The van der Waals surface area contributed by atoms with Crippen molar-refractivity contribution in [2.75, 3.05) is 5.73 Å². The molecule has 0 aliphatic heterocycles. The maximum Gasteiger partial charge on any atom is 0.169 e. The molecule has 19 heavy (non-hydrogen) atoms. The van der Waals surface area contributed by atoms with Crippen molar-refractivity contribution in [1.29, 1.82) is 0 Å². The Morgan fingerprint density at radius 2 is 1.95 bits per heavy atom. The molecule has 1 aromatic carbocycles. The zero-order valence-electron chi connectivity index (χ0n) is 10.6. The molecule has 6 heteroatoms. The largest absolute Gasteiger partial charge is 0.398 e. The molecule has 3 rings (SSSR count). The summed E-state index contributed by atoms with van der Waals surface area (Å²) in [6, 6.07) is 7.31. The predicted octanol–water partition coefficient (Wildman–Crippen LogP) is 2.64. The average Bonchev–Trinajstić information content (AvgIpc) is 2.76. The summed E-state index contributed by atoms with van der Waals surface area (Å²) in [5.41, 5.74) is 8.81. The van der Waals surface area contributed by atoms with Crippen LogP contribution in [-0.2, 0) is 0 Å². The minimum Gasteiger partial charge on any atom is -0.398 e. The van der Waals surface area contributed by atoms with Gasteiger partial charge in [0.15, 0.2) is 11.5 Å². The van der Waals surface area contributed by atoms with E-state index in [2.05, 4.69) is 15.2 Å². The smallest absolute Gasteiger partial charge is 0.169 e. The van der Waals surface area contributed by atoms with E-state index in [0.29, 0.717) is 16.5 Å². The van der Waals surface area contributed by atoms with Crippen molar-refractivity contribution >= 4 is 22.9 Å². The highest BCUT2D eigenvalue weighted by atomic mass is 35.5. The number of nitrogens with two attached hydrogens (primary N) is 1. The van der Waals surface area contributed by atoms with Crippen molar-refractivity contribution in [2.45, 2.75) is 13.8 Å². The van der Waals surface area contributed by atoms with Crippen LogP contribution in [0.4, 0.5) is 5.69 Å². The van der Waals surface area contributed by atoms with Gasteiger partial charge in [-0.15, -0.1) is 10.2 Å². The van der Waals surface area contributed by atoms with Crippen LogP contribution in [0.2, 0.25) is 5.02 Å². The third kappa shape index (κ3) is 1.92. The van der Waals surface area contributed by atoms with Crippen LogP contribution < -0.4 is 5.73 Å². The Morgan fingerprint density at radius 3 is 2.68 bits per heavy atom. The first-order valence-electron chi connectivity index (χ1n) is 5.81. The number of nitrogen functional groups attached to an aromatic ring is 1. The number of hydrogen-bond acceptors (Lipinski definition) is 4. The van der Waals surface area contributed by atoms with E-state index in [-0.39, 0.29) is 0 Å². The zero-order valence-corrected chi connectivity index (χ0v) is 11.3. The van der Waals surface area contributed by atoms with E-state index in [1.807, 2.05) is 30.4 Å². The third-order valence-corrected chi connectivity index (χ3v) is 3.27. The first-order chi connectivity index (χ1) is 9.06. The number of rotatable bonds is 1. The molecule has 2 aromatic heterocycles. The second-order valence-electron chi connectivity index (χ2n) is 4.40. The van der Waals surface area contributed by atoms with Crippen molar-refractivity contribution in [2.24, 2.45) is 0 Å². The van der Waals surface area contributed by atoms with Gasteiger partial charge in [-0.1, -0.05) is 11.6 Å². The van der Waals surface area contributed by atoms with Crippen LogP contribution in [0, 0.1) is 13.8 Å². The number of hydrogen-bond donors (Lipinski definition) is 1. The molecule has 0 bridgehead atoms. The minimum absolute atomic E-state index is 0.506. The summed E-state index contributed by atoms with van der Waals surface area (Å²) < 4.78 is 1.90. The Balaban J connectivity index is 2.28. The van der Waals surface area contributed by atoms with Crippen LogP contribution in [0.1, 0.15) is 11.5 Å². The molecule has 0 atom stereocenters. The number of benzene rings is 1. The topological polar surface area (TPSA) is 69.1 Å². The molecule has 0 aliphatic carbocycles. The fraction of sp³-hybridized carbons (Fsp3) is 0.154. The average molecular weight is 274 g/mol. The highest BCUT2D eigenvalue weighted by Crippen LogP contribution is 2.26. The number of fused-ring (bicyclic) bond motifs is 1. The predicted molar refractivity (Wildman–Crippen MR) is 75.1 cm³/mol. The van der Waals surface area contributed by atoms with E-state index in [1.165, 1.54) is 0 Å². The molecule has 0 spiro atoms. The highest BCUT2D eigenvalue weighted by Gasteiger charge is 2.12. The van der Waals surface area contributed by atoms with E-state index in [4.69, 9.17) is 17.3 Å². The van der Waals surface area contributed by atoms with Gasteiger partial charge in [-0.2, -0.15) is 0 Å². The van der Waals surface area contributed by atoms with Crippen LogP contribution in [0.3, 0.4) is 0 Å². The highest BCUT2D eigenvalue weighted by molar-refractivity contribution is 6.33. The lowest BCUT2D eigenvalue weighted by Gasteiger charge is -2.05. The summed E-state index contributed by atoms with van der Waals surface area (Å²) in [4.78, 5) is 4.43. The standard InChI is InChI=1S/C13H12ClN5/c1-7-5-12-17-18-13(19(12)8(2)16-7)9-3-4-11(15)10(14)6-9/h3-6H,15H2,1-2H3. The van der Waals surface area contributed by atoms with Crippen LogP contribution >= 0.6 is 11.6 Å². The maximum atomic E-state index is 6.05. The number of halogens is 1. The lowest BCUT2D eigenvalue weighted by molar-refractivity contribution is 0.962. The molecule has 0 fully saturated rings. The third-order valence-electron chi connectivity index (χ3n) is 2.95. The van der Waals surface area contributed by atoms with E-state index in [9.17, 15) is 0 Å². The number of aryl methyl sites for hydroxylation is 2. The molecule has 0 radical (unpaired) electrons. The van der Waals surface area contributed by atoms with Crippen LogP contribution in [0.5, 0.6) is 0 Å². The number of nitrogens with zero attached hydrogens (tertiary/aromatic N) is 4. The van der Waals surface area contributed by atoms with E-state index in [0.717, 1.165) is 22.7 Å². The van der Waals surface area contributed by atoms with Crippen molar-refractivity contribution in [3.8, 4) is 11.4 Å². The van der Waals surface area contributed by atoms with Gasteiger partial charge in [0.2, 0.25) is 0 Å². The van der Waals surface area contributed by atoms with Crippen molar-refractivity contribution in [1.82, 2.24) is 19.6 Å². The maximum absolute atomic E-state index is 6.05. The normalized spacial score (nSPS) is 11.1. The Hall–Kier alpha value is -2.14. The van der Waals surface area contributed by atoms with Crippen molar-refractivity contribution < 1.29 is 0 Å². The van der Waals surface area contributed by atoms with Crippen LogP contribution in [-0.4, -0.2) is 19.6 Å². The van der Waals surface area contributed by atoms with Gasteiger partial charge in [-0.05, 0) is 32.0 Å². The van der Waals surface area contributed by atoms with Gasteiger partial charge < -0.3 is 5.73 Å². The molecule has 0 unspecified atom stereocenters. The van der Waals surface area contributed by atoms with Gasteiger partial charge >= 0.3 is 0 Å². The Morgan fingerprint density at radius 1 is 1.16 bits per heavy atom. The summed E-state index contributed by atoms with van der Waals surface area (Å²) in [6.07, 6.45) is 0. The number of anilines is 1. The van der Waals surface area contributed by atoms with E-state index < -0.39 is 0 Å².